The number of ether oxygens (including phenoxy) is 2. The molecule has 3 heterocycles. The van der Waals surface area contributed by atoms with Crippen LogP contribution in [0.1, 0.15) is 20.2 Å². The van der Waals surface area contributed by atoms with Crippen molar-refractivity contribution in [2.24, 2.45) is 0 Å². The molecule has 3 aromatic heterocycles. The quantitative estimate of drug-likeness (QED) is 0.682. The van der Waals surface area contributed by atoms with Crippen LogP contribution in [0.4, 0.5) is 0 Å². The first kappa shape index (κ1) is 9.87. The molecular formula is C14H12N4O3. The van der Waals surface area contributed by atoms with Crippen LogP contribution < -0.4 is 9.47 Å². The van der Waals surface area contributed by atoms with Gasteiger partial charge < -0.3 is 9.47 Å². The molecule has 0 aliphatic rings. The molecule has 0 aliphatic heterocycles. The molecule has 106 valence electrons. The highest BCUT2D eigenvalue weighted by Gasteiger charge is 2.17. The number of methoxy groups -OCH3 is 1. The van der Waals surface area contributed by atoms with E-state index in [0.29, 0.717) is 11.2 Å². The average Bonchev–Trinajstić information content (AvgIpc) is 2.95. The Morgan fingerprint density at radius 1 is 1.33 bits per heavy atom. The summed E-state index contributed by atoms with van der Waals surface area (Å²) in [7, 11) is -2.73. The van der Waals surface area contributed by atoms with E-state index in [1.807, 2.05) is 0 Å². The topological polar surface area (TPSA) is 78.6 Å². The Labute approximate surface area is 124 Å². The summed E-state index contributed by atoms with van der Waals surface area (Å²) in [6.45, 7) is 1.65. The second-order valence-electron chi connectivity index (χ2n) is 4.23. The van der Waals surface area contributed by atoms with Crippen LogP contribution in [0.15, 0.2) is 36.5 Å². The van der Waals surface area contributed by atoms with Crippen LogP contribution >= 0.6 is 0 Å². The molecule has 3 rings (SSSR count). The van der Waals surface area contributed by atoms with Crippen molar-refractivity contribution >= 4 is 11.5 Å². The van der Waals surface area contributed by atoms with Crippen molar-refractivity contribution in [3.05, 3.63) is 47.8 Å². The fourth-order valence-electron chi connectivity index (χ4n) is 1.82. The zero-order valence-electron chi connectivity index (χ0n) is 14.0. The lowest BCUT2D eigenvalue weighted by Gasteiger charge is -2.08. The zero-order chi connectivity index (χ0) is 17.3. The van der Waals surface area contributed by atoms with Gasteiger partial charge >= 0.3 is 5.97 Å². The zero-order valence-corrected chi connectivity index (χ0v) is 11.0. The molecule has 0 aromatic carbocycles. The van der Waals surface area contributed by atoms with Crippen molar-refractivity contribution < 1.29 is 18.4 Å². The molecule has 0 radical (unpaired) electrons. The lowest BCUT2D eigenvalue weighted by atomic mass is 10.2. The average molecular weight is 287 g/mol. The van der Waals surface area contributed by atoms with Gasteiger partial charge in [-0.15, -0.1) is 5.10 Å². The van der Waals surface area contributed by atoms with E-state index < -0.39 is 13.0 Å². The van der Waals surface area contributed by atoms with Crippen LogP contribution in [0.2, 0.25) is 0 Å². The van der Waals surface area contributed by atoms with Crippen LogP contribution in [0.5, 0.6) is 11.8 Å². The minimum Gasteiger partial charge on any atom is -0.480 e. The van der Waals surface area contributed by atoms with Gasteiger partial charge in [0.15, 0.2) is 0 Å². The van der Waals surface area contributed by atoms with Crippen molar-refractivity contribution in [3.63, 3.8) is 0 Å². The Hall–Kier alpha value is -2.96. The molecule has 7 heteroatoms. The van der Waals surface area contributed by atoms with Gasteiger partial charge in [-0.25, -0.2) is 9.78 Å². The Morgan fingerprint density at radius 3 is 3.10 bits per heavy atom. The summed E-state index contributed by atoms with van der Waals surface area (Å²) in [6.07, 6.45) is 1.51. The maximum atomic E-state index is 12.4. The predicted molar refractivity (Wildman–Crippen MR) is 73.5 cm³/mol. The summed E-state index contributed by atoms with van der Waals surface area (Å²) < 4.78 is 33.0. The van der Waals surface area contributed by atoms with E-state index in [2.05, 4.69) is 15.3 Å². The van der Waals surface area contributed by atoms with Gasteiger partial charge in [-0.05, 0) is 25.1 Å². The van der Waals surface area contributed by atoms with Crippen LogP contribution in [0.25, 0.3) is 5.52 Å². The highest BCUT2D eigenvalue weighted by molar-refractivity contribution is 5.93. The fraction of sp³-hybridized carbons (Fsp3) is 0.143. The summed E-state index contributed by atoms with van der Waals surface area (Å²) in [5.41, 5.74) is 1.04. The molecule has 0 spiro atoms. The summed E-state index contributed by atoms with van der Waals surface area (Å²) in [5, 5.41) is 7.54. The smallest absolute Gasteiger partial charge is 0.350 e. The number of aryl methyl sites for hydroxylation is 1. The fourth-order valence-corrected chi connectivity index (χ4v) is 1.82. The number of aromatic nitrogens is 4. The lowest BCUT2D eigenvalue weighted by molar-refractivity contribution is 0.0719. The number of esters is 1. The molecular weight excluding hydrogens is 272 g/mol. The highest BCUT2D eigenvalue weighted by Crippen LogP contribution is 2.19. The Morgan fingerprint density at radius 2 is 2.24 bits per heavy atom. The van der Waals surface area contributed by atoms with E-state index in [1.54, 1.807) is 25.1 Å². The minimum atomic E-state index is -2.73. The standard InChI is InChI=1S/C14H12N4O3/c1-9-6-7-11(13(16-9)20-2)14(19)21-12-5-3-4-10-8-15-17-18(10)12/h3-8H,1-2H3/i2D3. The third-order valence-electron chi connectivity index (χ3n) is 2.80. The van der Waals surface area contributed by atoms with E-state index >= 15 is 0 Å². The molecule has 0 bridgehead atoms. The SMILES string of the molecule is [2H]C([2H])([2H])Oc1nc(C)ccc1C(=O)Oc1cccc2cnnn12. The highest BCUT2D eigenvalue weighted by atomic mass is 16.5. The summed E-state index contributed by atoms with van der Waals surface area (Å²) in [6, 6.07) is 7.90. The number of carbonyl (C=O) groups is 1. The first-order valence-corrected chi connectivity index (χ1v) is 6.02. The van der Waals surface area contributed by atoms with E-state index in [1.165, 1.54) is 22.8 Å². The number of carbonyl (C=O) groups excluding carboxylic acids is 1. The van der Waals surface area contributed by atoms with Gasteiger partial charge in [0.05, 0.1) is 22.9 Å². The normalized spacial score (nSPS) is 13.3. The van der Waals surface area contributed by atoms with Gasteiger partial charge in [0.25, 0.3) is 0 Å². The Kier molecular flexibility index (Phi) is 2.44. The number of rotatable bonds is 3. The molecule has 0 fully saturated rings. The molecule has 3 aromatic rings. The largest absolute Gasteiger partial charge is 0.480 e. The number of pyridine rings is 2. The summed E-state index contributed by atoms with van der Waals surface area (Å²) in [4.78, 5) is 16.4. The van der Waals surface area contributed by atoms with E-state index in [9.17, 15) is 4.79 Å². The predicted octanol–water partition coefficient (Wildman–Crippen LogP) is 1.66. The molecule has 0 N–H and O–H groups in total. The van der Waals surface area contributed by atoms with Crippen LogP contribution in [-0.4, -0.2) is 32.8 Å². The Bertz CT molecular complexity index is 908. The number of fused-ring (bicyclic) bond motifs is 1. The molecule has 0 unspecified atom stereocenters. The van der Waals surface area contributed by atoms with Gasteiger partial charge in [-0.1, -0.05) is 11.3 Å². The molecule has 0 atom stereocenters. The van der Waals surface area contributed by atoms with Gasteiger partial charge in [-0.2, -0.15) is 4.52 Å². The van der Waals surface area contributed by atoms with Gasteiger partial charge in [0, 0.05) is 11.8 Å². The first-order chi connectivity index (χ1) is 11.3. The van der Waals surface area contributed by atoms with Crippen molar-refractivity contribution in [2.45, 2.75) is 6.92 Å². The van der Waals surface area contributed by atoms with Crippen LogP contribution in [0, 0.1) is 6.92 Å². The van der Waals surface area contributed by atoms with Crippen LogP contribution in [-0.2, 0) is 0 Å². The number of hydrogen-bond acceptors (Lipinski definition) is 6. The summed E-state index contributed by atoms with van der Waals surface area (Å²) >= 11 is 0. The maximum Gasteiger partial charge on any atom is 0.350 e. The minimum absolute atomic E-state index is 0.103. The van der Waals surface area contributed by atoms with E-state index in [0.717, 1.165) is 0 Å². The van der Waals surface area contributed by atoms with Crippen molar-refractivity contribution in [1.29, 1.82) is 0 Å². The molecule has 0 saturated heterocycles. The first-order valence-electron chi connectivity index (χ1n) is 7.52. The third-order valence-corrected chi connectivity index (χ3v) is 2.80. The maximum absolute atomic E-state index is 12.4. The number of nitrogens with zero attached hydrogens (tertiary/aromatic N) is 4. The van der Waals surface area contributed by atoms with Gasteiger partial charge in [-0.3, -0.25) is 0 Å². The van der Waals surface area contributed by atoms with Gasteiger partial charge in [0.1, 0.15) is 5.56 Å². The van der Waals surface area contributed by atoms with E-state index in [-0.39, 0.29) is 17.3 Å². The second kappa shape index (κ2) is 5.20. The molecule has 0 amide bonds. The Balaban J connectivity index is 1.94. The number of hydrogen-bond donors (Lipinski definition) is 0. The van der Waals surface area contributed by atoms with Crippen molar-refractivity contribution in [1.82, 2.24) is 19.8 Å². The molecule has 21 heavy (non-hydrogen) atoms. The van der Waals surface area contributed by atoms with Crippen molar-refractivity contribution in [2.75, 3.05) is 7.04 Å². The second-order valence-corrected chi connectivity index (χ2v) is 4.23. The van der Waals surface area contributed by atoms with Crippen LogP contribution in [0.3, 0.4) is 0 Å². The monoisotopic (exact) mass is 287 g/mol. The van der Waals surface area contributed by atoms with Crippen molar-refractivity contribution in [3.8, 4) is 11.8 Å². The summed E-state index contributed by atoms with van der Waals surface area (Å²) in [5.74, 6) is -0.995. The molecule has 7 nitrogen and oxygen atoms in total. The molecule has 0 aliphatic carbocycles. The van der Waals surface area contributed by atoms with Gasteiger partial charge in [0.2, 0.25) is 11.8 Å². The van der Waals surface area contributed by atoms with E-state index in [4.69, 9.17) is 13.6 Å². The lowest BCUT2D eigenvalue weighted by Crippen LogP contribution is -2.13. The molecule has 0 saturated carbocycles. The third kappa shape index (κ3) is 2.40.